The Morgan fingerprint density at radius 3 is 2.48 bits per heavy atom. The van der Waals surface area contributed by atoms with E-state index in [0.29, 0.717) is 30.0 Å². The molecule has 2 aliphatic heterocycles. The first kappa shape index (κ1) is 15.7. The van der Waals surface area contributed by atoms with Gasteiger partial charge < -0.3 is 14.8 Å². The minimum Gasteiger partial charge on any atom is -0.454 e. The highest BCUT2D eigenvalue weighted by Gasteiger charge is 2.46. The zero-order valence-electron chi connectivity index (χ0n) is 13.6. The fraction of sp³-hybridized carbons (Fsp3) is 0.389. The molecule has 1 N–H and O–H groups in total. The molecule has 0 radical (unpaired) electrons. The second-order valence-electron chi connectivity index (χ2n) is 6.35. The highest BCUT2D eigenvalue weighted by Crippen LogP contribution is 2.35. The van der Waals surface area contributed by atoms with Crippen LogP contribution in [0.4, 0.5) is 5.69 Å². The number of nitrogens with one attached hydrogen (secondary N) is 1. The minimum atomic E-state index is -0.257. The van der Waals surface area contributed by atoms with Gasteiger partial charge in [-0.15, -0.1) is 0 Å². The van der Waals surface area contributed by atoms with Gasteiger partial charge in [0.05, 0.1) is 11.8 Å². The van der Waals surface area contributed by atoms with Gasteiger partial charge >= 0.3 is 0 Å². The van der Waals surface area contributed by atoms with Crippen LogP contribution in [-0.4, -0.2) is 36.0 Å². The molecule has 130 valence electrons. The molecule has 1 saturated heterocycles. The predicted molar refractivity (Wildman–Crippen MR) is 87.9 cm³/mol. The number of ether oxygens (including phenoxy) is 2. The van der Waals surface area contributed by atoms with E-state index in [2.05, 4.69) is 5.32 Å². The molecule has 3 amide bonds. The van der Waals surface area contributed by atoms with Crippen molar-refractivity contribution in [1.82, 2.24) is 4.90 Å². The molecule has 2 unspecified atom stereocenters. The third-order valence-electron chi connectivity index (χ3n) is 4.82. The summed E-state index contributed by atoms with van der Waals surface area (Å²) in [5.41, 5.74) is 0.589. The summed E-state index contributed by atoms with van der Waals surface area (Å²) in [6, 6.07) is 5.13. The molecule has 2 heterocycles. The van der Waals surface area contributed by atoms with Crippen LogP contribution in [0.2, 0.25) is 0 Å². The second-order valence-corrected chi connectivity index (χ2v) is 6.35. The third kappa shape index (κ3) is 2.86. The van der Waals surface area contributed by atoms with E-state index in [1.165, 1.54) is 4.90 Å². The van der Waals surface area contributed by atoms with Crippen LogP contribution in [-0.2, 0) is 14.4 Å². The van der Waals surface area contributed by atoms with Crippen LogP contribution in [0.3, 0.4) is 0 Å². The monoisotopic (exact) mass is 342 g/mol. The number of fused-ring (bicyclic) bond motifs is 2. The van der Waals surface area contributed by atoms with Gasteiger partial charge in [-0.3, -0.25) is 19.3 Å². The van der Waals surface area contributed by atoms with Crippen molar-refractivity contribution in [1.29, 1.82) is 0 Å². The highest BCUT2D eigenvalue weighted by atomic mass is 16.7. The van der Waals surface area contributed by atoms with Crippen LogP contribution < -0.4 is 14.8 Å². The molecule has 0 aromatic heterocycles. The third-order valence-corrected chi connectivity index (χ3v) is 4.82. The molecule has 2 atom stereocenters. The van der Waals surface area contributed by atoms with Crippen molar-refractivity contribution < 1.29 is 23.9 Å². The van der Waals surface area contributed by atoms with Crippen LogP contribution in [0.1, 0.15) is 19.3 Å². The first-order chi connectivity index (χ1) is 12.1. The molecule has 1 aromatic carbocycles. The normalized spacial score (nSPS) is 23.8. The molecule has 7 nitrogen and oxygen atoms in total. The van der Waals surface area contributed by atoms with Crippen molar-refractivity contribution in [2.45, 2.75) is 19.3 Å². The number of amides is 3. The molecule has 0 spiro atoms. The summed E-state index contributed by atoms with van der Waals surface area (Å²) >= 11 is 0. The molecular weight excluding hydrogens is 324 g/mol. The molecule has 1 aromatic rings. The fourth-order valence-electron chi connectivity index (χ4n) is 3.50. The Morgan fingerprint density at radius 2 is 1.76 bits per heavy atom. The topological polar surface area (TPSA) is 84.9 Å². The van der Waals surface area contributed by atoms with Crippen molar-refractivity contribution in [2.24, 2.45) is 11.8 Å². The number of hydrogen-bond acceptors (Lipinski definition) is 5. The maximum absolute atomic E-state index is 12.4. The van der Waals surface area contributed by atoms with Crippen molar-refractivity contribution in [2.75, 3.05) is 18.7 Å². The Morgan fingerprint density at radius 1 is 1.08 bits per heavy atom. The predicted octanol–water partition coefficient (Wildman–Crippen LogP) is 1.70. The number of carbonyl (C=O) groups excluding carboxylic acids is 3. The maximum atomic E-state index is 12.4. The molecule has 1 fully saturated rings. The zero-order valence-corrected chi connectivity index (χ0v) is 13.6. The molecule has 1 aliphatic carbocycles. The Bertz CT molecular complexity index is 747. The molecular formula is C18H18N2O5. The molecule has 7 heteroatoms. The van der Waals surface area contributed by atoms with Crippen LogP contribution in [0.5, 0.6) is 11.5 Å². The zero-order chi connectivity index (χ0) is 17.4. The summed E-state index contributed by atoms with van der Waals surface area (Å²) in [7, 11) is 0. The lowest BCUT2D eigenvalue weighted by molar-refractivity contribution is -0.140. The van der Waals surface area contributed by atoms with Gasteiger partial charge in [-0.2, -0.15) is 0 Å². The summed E-state index contributed by atoms with van der Waals surface area (Å²) in [5, 5.41) is 2.75. The lowest BCUT2D eigenvalue weighted by atomic mass is 9.85. The number of carbonyl (C=O) groups is 3. The van der Waals surface area contributed by atoms with Crippen molar-refractivity contribution in [3.63, 3.8) is 0 Å². The van der Waals surface area contributed by atoms with Crippen LogP contribution in [0.15, 0.2) is 30.4 Å². The Hall–Kier alpha value is -2.83. The quantitative estimate of drug-likeness (QED) is 0.665. The SMILES string of the molecule is O=C(CCN1C(=O)C2CC=CCC2C1=O)Nc1ccc2c(c1)OCO2. The first-order valence-electron chi connectivity index (χ1n) is 8.33. The highest BCUT2D eigenvalue weighted by molar-refractivity contribution is 6.05. The van der Waals surface area contributed by atoms with E-state index in [0.717, 1.165) is 0 Å². The summed E-state index contributed by atoms with van der Waals surface area (Å²) in [6.45, 7) is 0.282. The van der Waals surface area contributed by atoms with Crippen molar-refractivity contribution >= 4 is 23.4 Å². The van der Waals surface area contributed by atoms with E-state index in [9.17, 15) is 14.4 Å². The molecule has 3 aliphatic rings. The van der Waals surface area contributed by atoms with E-state index in [4.69, 9.17) is 9.47 Å². The van der Waals surface area contributed by atoms with Crippen LogP contribution in [0, 0.1) is 11.8 Å². The fourth-order valence-corrected chi connectivity index (χ4v) is 3.50. The van der Waals surface area contributed by atoms with Gasteiger partial charge in [0.2, 0.25) is 24.5 Å². The lowest BCUT2D eigenvalue weighted by Crippen LogP contribution is -2.34. The number of likely N-dealkylation sites (tertiary alicyclic amines) is 1. The van der Waals surface area contributed by atoms with Crippen LogP contribution >= 0.6 is 0 Å². The summed E-state index contributed by atoms with van der Waals surface area (Å²) < 4.78 is 10.5. The summed E-state index contributed by atoms with van der Waals surface area (Å²) in [5.74, 6) is 0.142. The minimum absolute atomic E-state index is 0.0682. The standard InChI is InChI=1S/C18H18N2O5/c21-16(19-11-5-6-14-15(9-11)25-10-24-14)7-8-20-17(22)12-3-1-2-4-13(12)18(20)23/h1-2,5-6,9,12-13H,3-4,7-8,10H2,(H,19,21). The Kier molecular flexibility index (Phi) is 3.91. The van der Waals surface area contributed by atoms with Gasteiger partial charge in [0.1, 0.15) is 0 Å². The van der Waals surface area contributed by atoms with E-state index in [1.807, 2.05) is 12.2 Å². The Balaban J connectivity index is 1.34. The number of allylic oxidation sites excluding steroid dienone is 2. The summed E-state index contributed by atoms with van der Waals surface area (Å²) in [6.07, 6.45) is 5.17. The van der Waals surface area contributed by atoms with Gasteiger partial charge in [0, 0.05) is 24.7 Å². The maximum Gasteiger partial charge on any atom is 0.233 e. The average molecular weight is 342 g/mol. The van der Waals surface area contributed by atoms with E-state index >= 15 is 0 Å². The number of rotatable bonds is 4. The van der Waals surface area contributed by atoms with Crippen molar-refractivity contribution in [3.05, 3.63) is 30.4 Å². The number of anilines is 1. The molecule has 25 heavy (non-hydrogen) atoms. The largest absolute Gasteiger partial charge is 0.454 e. The molecule has 4 rings (SSSR count). The number of imide groups is 1. The number of nitrogens with zero attached hydrogens (tertiary/aromatic N) is 1. The van der Waals surface area contributed by atoms with E-state index < -0.39 is 0 Å². The molecule has 0 bridgehead atoms. The van der Waals surface area contributed by atoms with Crippen molar-refractivity contribution in [3.8, 4) is 11.5 Å². The number of benzene rings is 1. The van der Waals surface area contributed by atoms with Gasteiger partial charge in [-0.1, -0.05) is 12.2 Å². The lowest BCUT2D eigenvalue weighted by Gasteiger charge is -2.14. The van der Waals surface area contributed by atoms with E-state index in [-0.39, 0.29) is 49.3 Å². The van der Waals surface area contributed by atoms with Gasteiger partial charge in [0.25, 0.3) is 0 Å². The van der Waals surface area contributed by atoms with Gasteiger partial charge in [-0.05, 0) is 25.0 Å². The summed E-state index contributed by atoms with van der Waals surface area (Å²) in [4.78, 5) is 38.1. The average Bonchev–Trinajstić information content (AvgIpc) is 3.17. The van der Waals surface area contributed by atoms with Crippen LogP contribution in [0.25, 0.3) is 0 Å². The smallest absolute Gasteiger partial charge is 0.233 e. The van der Waals surface area contributed by atoms with Gasteiger partial charge in [-0.25, -0.2) is 0 Å². The first-order valence-corrected chi connectivity index (χ1v) is 8.33. The molecule has 0 saturated carbocycles. The Labute approximate surface area is 144 Å². The number of hydrogen-bond donors (Lipinski definition) is 1. The second kappa shape index (κ2) is 6.23. The van der Waals surface area contributed by atoms with Gasteiger partial charge in [0.15, 0.2) is 11.5 Å². The van der Waals surface area contributed by atoms with E-state index in [1.54, 1.807) is 18.2 Å².